The Morgan fingerprint density at radius 2 is 0.794 bits per heavy atom. The zero-order valence-electron chi connectivity index (χ0n) is 24.6. The van der Waals surface area contributed by atoms with Gasteiger partial charge in [-0.1, -0.05) is 0 Å². The molecule has 0 N–H and O–H groups in total. The smallest absolute Gasteiger partial charge is 0.0154 e. The number of hydrogen-bond acceptors (Lipinski definition) is 4. The number of hydrogen-bond donors (Lipinski definition) is 0. The Hall–Kier alpha value is -0.160. The molecule has 0 aliphatic carbocycles. The molecule has 0 spiro atoms. The lowest BCUT2D eigenvalue weighted by atomic mass is 9.77. The van der Waals surface area contributed by atoms with Gasteiger partial charge in [0, 0.05) is 61.4 Å². The van der Waals surface area contributed by atoms with E-state index in [1.807, 2.05) is 0 Å². The highest BCUT2D eigenvalue weighted by Gasteiger charge is 2.47. The van der Waals surface area contributed by atoms with Crippen molar-refractivity contribution in [3.8, 4) is 0 Å². The second-order valence-electron chi connectivity index (χ2n) is 15.8. The van der Waals surface area contributed by atoms with E-state index in [0.29, 0.717) is 22.2 Å². The minimum absolute atomic E-state index is 0.297. The van der Waals surface area contributed by atoms with E-state index in [-0.39, 0.29) is 0 Å². The molecular formula is C30H58N4. The summed E-state index contributed by atoms with van der Waals surface area (Å²) in [4.78, 5) is 11.2. The van der Waals surface area contributed by atoms with Gasteiger partial charge in [-0.15, -0.1) is 0 Å². The lowest BCUT2D eigenvalue weighted by molar-refractivity contribution is -0.0308. The van der Waals surface area contributed by atoms with Gasteiger partial charge >= 0.3 is 0 Å². The maximum atomic E-state index is 2.87. The van der Waals surface area contributed by atoms with Gasteiger partial charge in [-0.05, 0) is 132 Å². The van der Waals surface area contributed by atoms with E-state index < -0.39 is 0 Å². The fourth-order valence-electron chi connectivity index (χ4n) is 7.49. The molecule has 0 aromatic carbocycles. The lowest BCUT2D eigenvalue weighted by Crippen LogP contribution is -2.58. The molecule has 4 atom stereocenters. The maximum Gasteiger partial charge on any atom is 0.0154 e. The van der Waals surface area contributed by atoms with Crippen LogP contribution in [0.3, 0.4) is 0 Å². The third-order valence-corrected chi connectivity index (χ3v) is 10.6. The molecule has 4 heteroatoms. The van der Waals surface area contributed by atoms with E-state index in [0.717, 1.165) is 23.7 Å². The number of likely N-dealkylation sites (tertiary alicyclic amines) is 4. The molecule has 198 valence electrons. The van der Waals surface area contributed by atoms with Crippen LogP contribution < -0.4 is 0 Å². The van der Waals surface area contributed by atoms with Gasteiger partial charge in [0.1, 0.15) is 0 Å². The van der Waals surface area contributed by atoms with Crippen LogP contribution in [0.25, 0.3) is 0 Å². The minimum Gasteiger partial charge on any atom is -0.298 e. The van der Waals surface area contributed by atoms with E-state index >= 15 is 0 Å². The fraction of sp³-hybridized carbons (Fsp3) is 1.00. The Balaban J connectivity index is 1.30. The molecule has 0 aromatic heterocycles. The molecule has 4 nitrogen and oxygen atoms in total. The minimum atomic E-state index is 0.297. The van der Waals surface area contributed by atoms with Gasteiger partial charge in [0.05, 0.1) is 0 Å². The number of piperidine rings is 2. The Morgan fingerprint density at radius 1 is 0.441 bits per heavy atom. The third kappa shape index (κ3) is 5.71. The highest BCUT2D eigenvalue weighted by molar-refractivity contribution is 5.01. The summed E-state index contributed by atoms with van der Waals surface area (Å²) >= 11 is 0. The van der Waals surface area contributed by atoms with Gasteiger partial charge in [0.15, 0.2) is 0 Å². The van der Waals surface area contributed by atoms with Crippen LogP contribution in [0.5, 0.6) is 0 Å². The fourth-order valence-corrected chi connectivity index (χ4v) is 7.49. The first-order chi connectivity index (χ1) is 15.6. The van der Waals surface area contributed by atoms with Crippen molar-refractivity contribution in [2.75, 3.05) is 52.4 Å². The van der Waals surface area contributed by atoms with Crippen LogP contribution in [0.15, 0.2) is 0 Å². The summed E-state index contributed by atoms with van der Waals surface area (Å²) < 4.78 is 0. The van der Waals surface area contributed by atoms with Gasteiger partial charge in [0.2, 0.25) is 0 Å². The molecule has 0 aromatic rings. The first-order valence-electron chi connectivity index (χ1n) is 14.6. The molecule has 34 heavy (non-hydrogen) atoms. The molecule has 4 aliphatic heterocycles. The van der Waals surface area contributed by atoms with Crippen LogP contribution in [-0.4, -0.2) is 94.1 Å². The van der Waals surface area contributed by atoms with Gasteiger partial charge in [0.25, 0.3) is 0 Å². The quantitative estimate of drug-likeness (QED) is 0.527. The molecule has 0 radical (unpaired) electrons. The molecular weight excluding hydrogens is 416 g/mol. The van der Waals surface area contributed by atoms with Crippen LogP contribution in [0.1, 0.15) is 94.9 Å². The second-order valence-corrected chi connectivity index (χ2v) is 15.8. The predicted octanol–water partition coefficient (Wildman–Crippen LogP) is 5.43. The first kappa shape index (κ1) is 26.9. The van der Waals surface area contributed by atoms with Crippen LogP contribution >= 0.6 is 0 Å². The molecule has 4 aliphatic rings. The van der Waals surface area contributed by atoms with Gasteiger partial charge in [-0.25, -0.2) is 0 Å². The van der Waals surface area contributed by atoms with E-state index in [2.05, 4.69) is 88.8 Å². The normalized spacial score (nSPS) is 33.4. The van der Waals surface area contributed by atoms with Gasteiger partial charge in [-0.3, -0.25) is 19.6 Å². The van der Waals surface area contributed by atoms with Crippen molar-refractivity contribution in [1.82, 2.24) is 19.6 Å². The SMILES string of the molecule is CC(C)(C)N1CCC2CCN(C(C)(C)CCC(C)(C)N3CC4CN(C(C)(C)C)CC4C3)CC2C1. The van der Waals surface area contributed by atoms with Crippen LogP contribution in [0.2, 0.25) is 0 Å². The average molecular weight is 475 g/mol. The predicted molar refractivity (Wildman–Crippen MR) is 146 cm³/mol. The summed E-state index contributed by atoms with van der Waals surface area (Å²) in [5.41, 5.74) is 1.24. The van der Waals surface area contributed by atoms with Crippen molar-refractivity contribution in [2.45, 2.75) is 117 Å². The van der Waals surface area contributed by atoms with Crippen molar-refractivity contribution in [3.63, 3.8) is 0 Å². The largest absolute Gasteiger partial charge is 0.298 e. The van der Waals surface area contributed by atoms with Gasteiger partial charge in [-0.2, -0.15) is 0 Å². The van der Waals surface area contributed by atoms with E-state index in [1.54, 1.807) is 0 Å². The average Bonchev–Trinajstić information content (AvgIpc) is 3.31. The Kier molecular flexibility index (Phi) is 7.35. The molecule has 0 bridgehead atoms. The standard InChI is InChI=1S/C30H58N4/c1-27(2,3)31-15-11-23-12-16-32(18-24(23)17-31)29(7,8)13-14-30(9,10)34-21-25-19-33(28(4,5)6)20-26(25)22-34/h23-26H,11-22H2,1-10H3. The zero-order chi connectivity index (χ0) is 25.1. The molecule has 4 unspecified atom stereocenters. The summed E-state index contributed by atoms with van der Waals surface area (Å²) in [6.45, 7) is 34.9. The van der Waals surface area contributed by atoms with Crippen molar-refractivity contribution >= 4 is 0 Å². The Bertz CT molecular complexity index is 686. The van der Waals surface area contributed by atoms with Crippen LogP contribution in [0, 0.1) is 23.7 Å². The molecule has 0 saturated carbocycles. The second kappa shape index (κ2) is 9.30. The number of nitrogens with zero attached hydrogens (tertiary/aromatic N) is 4. The number of fused-ring (bicyclic) bond motifs is 2. The summed E-state index contributed by atoms with van der Waals surface area (Å²) in [5, 5.41) is 0. The molecule has 4 heterocycles. The van der Waals surface area contributed by atoms with Crippen LogP contribution in [-0.2, 0) is 0 Å². The monoisotopic (exact) mass is 474 g/mol. The van der Waals surface area contributed by atoms with E-state index in [4.69, 9.17) is 0 Å². The summed E-state index contributed by atoms with van der Waals surface area (Å²) in [6.07, 6.45) is 5.43. The maximum absolute atomic E-state index is 2.87. The van der Waals surface area contributed by atoms with Crippen molar-refractivity contribution in [1.29, 1.82) is 0 Å². The molecule has 4 rings (SSSR count). The van der Waals surface area contributed by atoms with E-state index in [9.17, 15) is 0 Å². The summed E-state index contributed by atoms with van der Waals surface area (Å²) in [7, 11) is 0. The Morgan fingerprint density at radius 3 is 1.29 bits per heavy atom. The van der Waals surface area contributed by atoms with Crippen molar-refractivity contribution in [2.24, 2.45) is 23.7 Å². The number of rotatable bonds is 5. The third-order valence-electron chi connectivity index (χ3n) is 10.6. The Labute approximate surface area is 212 Å². The van der Waals surface area contributed by atoms with Crippen LogP contribution in [0.4, 0.5) is 0 Å². The van der Waals surface area contributed by atoms with Crippen molar-refractivity contribution in [3.05, 3.63) is 0 Å². The lowest BCUT2D eigenvalue weighted by Gasteiger charge is -2.52. The van der Waals surface area contributed by atoms with Gasteiger partial charge < -0.3 is 0 Å². The zero-order valence-corrected chi connectivity index (χ0v) is 24.6. The highest BCUT2D eigenvalue weighted by Crippen LogP contribution is 2.41. The molecule has 4 fully saturated rings. The summed E-state index contributed by atoms with van der Waals surface area (Å²) in [6, 6.07) is 0. The first-order valence-corrected chi connectivity index (χ1v) is 14.6. The topological polar surface area (TPSA) is 13.0 Å². The van der Waals surface area contributed by atoms with E-state index in [1.165, 1.54) is 78.0 Å². The highest BCUT2D eigenvalue weighted by atomic mass is 15.3. The molecule has 4 saturated heterocycles. The van der Waals surface area contributed by atoms with Crippen molar-refractivity contribution < 1.29 is 0 Å². The summed E-state index contributed by atoms with van der Waals surface area (Å²) in [5.74, 6) is 3.57. The molecule has 0 amide bonds.